The summed E-state index contributed by atoms with van der Waals surface area (Å²) < 4.78 is 50.3. The Bertz CT molecular complexity index is 858. The van der Waals surface area contributed by atoms with Crippen LogP contribution in [0.25, 0.3) is 4.85 Å². The van der Waals surface area contributed by atoms with Crippen molar-refractivity contribution in [3.63, 3.8) is 0 Å². The van der Waals surface area contributed by atoms with Gasteiger partial charge in [0.15, 0.2) is 5.69 Å². The molecule has 0 amide bonds. The van der Waals surface area contributed by atoms with Crippen molar-refractivity contribution in [1.29, 1.82) is 0 Å². The molecule has 148 valence electrons. The largest absolute Gasteiger partial charge is 0.497 e. The maximum Gasteiger partial charge on any atom is 0.407 e. The molecule has 0 radical (unpaired) electrons. The van der Waals surface area contributed by atoms with E-state index in [4.69, 9.17) is 16.0 Å². The predicted octanol–water partition coefficient (Wildman–Crippen LogP) is 4.74. The van der Waals surface area contributed by atoms with Gasteiger partial charge in [-0.05, 0) is 43.3 Å². The highest BCUT2D eigenvalue weighted by atomic mass is 19.4. The van der Waals surface area contributed by atoms with Gasteiger partial charge in [-0.2, -0.15) is 13.2 Å². The van der Waals surface area contributed by atoms with Gasteiger partial charge in [-0.3, -0.25) is 4.79 Å². The summed E-state index contributed by atoms with van der Waals surface area (Å²) in [6.45, 7) is 8.56. The summed E-state index contributed by atoms with van der Waals surface area (Å²) in [5, 5.41) is 0. The van der Waals surface area contributed by atoms with Gasteiger partial charge in [0, 0.05) is 5.69 Å². The average molecular weight is 392 g/mol. The first-order valence-electron chi connectivity index (χ1n) is 8.34. The molecule has 0 saturated carbocycles. The van der Waals surface area contributed by atoms with Crippen molar-refractivity contribution < 1.29 is 27.4 Å². The molecular formula is C20H19F3N2O3. The number of hydrogen-bond acceptors (Lipinski definition) is 4. The number of benzene rings is 2. The molecule has 0 aliphatic heterocycles. The van der Waals surface area contributed by atoms with Crippen molar-refractivity contribution in [2.24, 2.45) is 0 Å². The number of hydrogen-bond donors (Lipinski definition) is 0. The van der Waals surface area contributed by atoms with Crippen LogP contribution in [-0.4, -0.2) is 32.6 Å². The zero-order chi connectivity index (χ0) is 20.7. The molecule has 0 aliphatic rings. The monoisotopic (exact) mass is 392 g/mol. The third-order valence-corrected chi connectivity index (χ3v) is 3.87. The lowest BCUT2D eigenvalue weighted by atomic mass is 10.1. The molecule has 0 spiro atoms. The zero-order valence-corrected chi connectivity index (χ0v) is 15.4. The second-order valence-corrected chi connectivity index (χ2v) is 5.96. The van der Waals surface area contributed by atoms with Crippen molar-refractivity contribution in [2.45, 2.75) is 13.1 Å². The van der Waals surface area contributed by atoms with Crippen LogP contribution in [-0.2, 0) is 11.0 Å². The van der Waals surface area contributed by atoms with E-state index in [2.05, 4.69) is 4.85 Å². The lowest BCUT2D eigenvalue weighted by Crippen LogP contribution is -2.32. The van der Waals surface area contributed by atoms with Crippen molar-refractivity contribution in [2.75, 3.05) is 31.7 Å². The summed E-state index contributed by atoms with van der Waals surface area (Å²) in [4.78, 5) is 16.0. The second kappa shape index (κ2) is 9.13. The van der Waals surface area contributed by atoms with Crippen LogP contribution >= 0.6 is 0 Å². The molecule has 5 nitrogen and oxygen atoms in total. The van der Waals surface area contributed by atoms with Gasteiger partial charge < -0.3 is 14.4 Å². The molecule has 0 bridgehead atoms. The van der Waals surface area contributed by atoms with E-state index >= 15 is 0 Å². The fourth-order valence-electron chi connectivity index (χ4n) is 2.56. The van der Waals surface area contributed by atoms with Crippen molar-refractivity contribution in [1.82, 2.24) is 0 Å². The van der Waals surface area contributed by atoms with Crippen molar-refractivity contribution >= 4 is 17.2 Å². The summed E-state index contributed by atoms with van der Waals surface area (Å²) in [7, 11) is 1.55. The maximum atomic E-state index is 13.2. The molecule has 0 aromatic heterocycles. The number of anilines is 1. The van der Waals surface area contributed by atoms with Crippen LogP contribution in [0.5, 0.6) is 11.5 Å². The van der Waals surface area contributed by atoms with Crippen LogP contribution in [0.2, 0.25) is 0 Å². The number of nitrogens with zero attached hydrogens (tertiary/aromatic N) is 2. The Labute approximate surface area is 161 Å². The molecule has 0 saturated heterocycles. The summed E-state index contributed by atoms with van der Waals surface area (Å²) in [5.41, 5.74) is -1.30. The predicted molar refractivity (Wildman–Crippen MR) is 99.1 cm³/mol. The smallest absolute Gasteiger partial charge is 0.407 e. The summed E-state index contributed by atoms with van der Waals surface area (Å²) in [5.74, 6) is 1.04. The van der Waals surface area contributed by atoms with Crippen molar-refractivity contribution in [3.05, 3.63) is 59.4 Å². The minimum atomic E-state index is -4.66. The molecule has 0 heterocycles. The zero-order valence-electron chi connectivity index (χ0n) is 15.4. The van der Waals surface area contributed by atoms with Crippen LogP contribution in [0.1, 0.15) is 12.5 Å². The fraction of sp³-hybridized carbons (Fsp3) is 0.300. The highest BCUT2D eigenvalue weighted by Crippen LogP contribution is 2.38. The Morgan fingerprint density at radius 3 is 2.32 bits per heavy atom. The molecule has 0 unspecified atom stereocenters. The highest BCUT2D eigenvalue weighted by molar-refractivity contribution is 5.81. The van der Waals surface area contributed by atoms with Gasteiger partial charge in [-0.25, -0.2) is 4.85 Å². The molecule has 2 aromatic rings. The molecular weight excluding hydrogens is 373 g/mol. The first-order valence-corrected chi connectivity index (χ1v) is 8.34. The summed E-state index contributed by atoms with van der Waals surface area (Å²) in [6.07, 6.45) is -4.66. The third kappa shape index (κ3) is 5.64. The van der Waals surface area contributed by atoms with Crippen LogP contribution in [0.15, 0.2) is 42.5 Å². The van der Waals surface area contributed by atoms with Crippen molar-refractivity contribution in [3.8, 4) is 11.5 Å². The first kappa shape index (κ1) is 21.1. The first-order chi connectivity index (χ1) is 13.2. The molecule has 0 fully saturated rings. The molecule has 8 heteroatoms. The van der Waals surface area contributed by atoms with E-state index in [1.54, 1.807) is 31.4 Å². The van der Waals surface area contributed by atoms with Gasteiger partial charge in [0.2, 0.25) is 0 Å². The van der Waals surface area contributed by atoms with E-state index in [1.807, 2.05) is 0 Å². The van der Waals surface area contributed by atoms with Gasteiger partial charge in [0.1, 0.15) is 23.9 Å². The minimum absolute atomic E-state index is 0.0688. The number of alkyl halides is 3. The Morgan fingerprint density at radius 2 is 1.79 bits per heavy atom. The minimum Gasteiger partial charge on any atom is -0.497 e. The number of methoxy groups -OCH3 is 1. The molecule has 2 rings (SSSR count). The van der Waals surface area contributed by atoms with Crippen LogP contribution in [0.4, 0.5) is 24.5 Å². The summed E-state index contributed by atoms with van der Waals surface area (Å²) in [6, 6.07) is 10.3. The number of carbonyl (C=O) groups is 1. The van der Waals surface area contributed by atoms with Crippen LogP contribution in [0, 0.1) is 6.57 Å². The van der Waals surface area contributed by atoms with Gasteiger partial charge >= 0.3 is 6.18 Å². The highest BCUT2D eigenvalue weighted by Gasteiger charge is 2.34. The number of carbonyl (C=O) groups excluding carboxylic acids is 1. The number of Topliss-reactive ketones (excluding diaryl/α,β-unsaturated/α-hetero) is 1. The Morgan fingerprint density at radius 1 is 1.14 bits per heavy atom. The fourth-order valence-corrected chi connectivity index (χ4v) is 2.56. The lowest BCUT2D eigenvalue weighted by Gasteiger charge is -2.25. The normalized spacial score (nSPS) is 10.9. The van der Waals surface area contributed by atoms with Crippen LogP contribution in [0.3, 0.4) is 0 Å². The van der Waals surface area contributed by atoms with E-state index in [9.17, 15) is 18.0 Å². The molecule has 0 N–H and O–H groups in total. The molecule has 28 heavy (non-hydrogen) atoms. The molecule has 0 aliphatic carbocycles. The quantitative estimate of drug-likeness (QED) is 0.609. The van der Waals surface area contributed by atoms with E-state index in [1.165, 1.54) is 17.9 Å². The Balaban J connectivity index is 2.16. The van der Waals surface area contributed by atoms with E-state index in [0.717, 1.165) is 12.1 Å². The average Bonchev–Trinajstić information content (AvgIpc) is 2.66. The third-order valence-electron chi connectivity index (χ3n) is 3.87. The Kier molecular flexibility index (Phi) is 6.88. The number of ether oxygens (including phenoxy) is 2. The molecule has 2 aromatic carbocycles. The van der Waals surface area contributed by atoms with E-state index < -0.39 is 17.4 Å². The van der Waals surface area contributed by atoms with Gasteiger partial charge in [0.25, 0.3) is 0 Å². The summed E-state index contributed by atoms with van der Waals surface area (Å²) >= 11 is 0. The van der Waals surface area contributed by atoms with E-state index in [0.29, 0.717) is 11.5 Å². The van der Waals surface area contributed by atoms with Gasteiger partial charge in [-0.1, -0.05) is 6.07 Å². The van der Waals surface area contributed by atoms with Gasteiger partial charge in [0.05, 0.1) is 32.3 Å². The van der Waals surface area contributed by atoms with Gasteiger partial charge in [-0.15, -0.1) is 0 Å². The number of rotatable bonds is 8. The number of ketones is 1. The van der Waals surface area contributed by atoms with Crippen LogP contribution < -0.4 is 14.4 Å². The Hall–Kier alpha value is -3.21. The standard InChI is InChI=1S/C20H19F3N2O3/c1-14(26)13-25(10-11-28-17-7-5-16(27-3)6-8-17)15-4-9-19(24-2)18(12-15)20(21,22)23/h4-9,12H,10-11,13H2,1,3H3. The topological polar surface area (TPSA) is 43.1 Å². The lowest BCUT2D eigenvalue weighted by molar-refractivity contribution is -0.136. The SMILES string of the molecule is [C-]#[N+]c1ccc(N(CCOc2ccc(OC)cc2)CC(C)=O)cc1C(F)(F)F. The second-order valence-electron chi connectivity index (χ2n) is 5.96. The van der Waals surface area contributed by atoms with E-state index in [-0.39, 0.29) is 31.2 Å². The molecule has 0 atom stereocenters. The maximum absolute atomic E-state index is 13.2. The number of halogens is 3.